The molecule has 0 aliphatic heterocycles. The standard InChI is InChI=1S/C40H32N4.C16H9N2O.Ir/c1(3-13-29-23-25-39(41-27-29)43-35-19-9-5-15-31(35)32-16-6-10-20-36(32)43)2-4-14-30-24-26-40(42-28-30)44-37-21-11-7-17-33(37)34-18-8-12-22-38(34)44;1-2-8-18-14(6-1)12-5-3-4-11-13-10-17-9-7-15(13)19-16(11)12;/h5-12,15-19,21,23-28H,1-4,13-14H2;1-4,6-10H;/q-2;-1;+3. The third kappa shape index (κ3) is 7.76. The van der Waals surface area contributed by atoms with E-state index in [4.69, 9.17) is 14.4 Å². The van der Waals surface area contributed by atoms with Crippen molar-refractivity contribution >= 4 is 65.6 Å². The van der Waals surface area contributed by atoms with Crippen LogP contribution in [0.15, 0.2) is 181 Å². The van der Waals surface area contributed by atoms with Gasteiger partial charge in [0.2, 0.25) is 0 Å². The van der Waals surface area contributed by atoms with E-state index in [0.717, 1.165) is 68.7 Å². The number of aromatic nitrogens is 6. The van der Waals surface area contributed by atoms with Gasteiger partial charge in [0.05, 0.1) is 5.58 Å². The van der Waals surface area contributed by atoms with E-state index in [9.17, 15) is 0 Å². The number of unbranched alkanes of at least 4 members (excludes halogenated alkanes) is 3. The predicted octanol–water partition coefficient (Wildman–Crippen LogP) is 13.5. The summed E-state index contributed by atoms with van der Waals surface area (Å²) in [6.07, 6.45) is 16.3. The number of aryl methyl sites for hydroxylation is 2. The van der Waals surface area contributed by atoms with Gasteiger partial charge in [-0.3, -0.25) is 4.98 Å². The van der Waals surface area contributed by atoms with Crippen LogP contribution in [0.2, 0.25) is 0 Å². The molecule has 12 rings (SSSR count). The topological polar surface area (TPSA) is 74.6 Å². The van der Waals surface area contributed by atoms with Gasteiger partial charge in [-0.15, -0.1) is 29.0 Å². The Morgan fingerprint density at radius 3 is 1.62 bits per heavy atom. The first-order valence-electron chi connectivity index (χ1n) is 21.6. The molecular weight excluding hydrogens is 965 g/mol. The molecular formula is C56H41IrN6O. The molecule has 310 valence electrons. The van der Waals surface area contributed by atoms with Crippen LogP contribution in [0.5, 0.6) is 0 Å². The molecule has 0 amide bonds. The molecule has 8 heteroatoms. The maximum absolute atomic E-state index is 5.93. The average Bonchev–Trinajstić information content (AvgIpc) is 4.02. The van der Waals surface area contributed by atoms with Gasteiger partial charge in [-0.1, -0.05) is 95.5 Å². The van der Waals surface area contributed by atoms with Crippen molar-refractivity contribution in [3.8, 4) is 22.9 Å². The Morgan fingerprint density at radius 1 is 0.453 bits per heavy atom. The summed E-state index contributed by atoms with van der Waals surface area (Å²) in [5, 5.41) is 6.95. The molecule has 0 N–H and O–H groups in total. The van der Waals surface area contributed by atoms with Crippen LogP contribution in [0.1, 0.15) is 36.8 Å². The van der Waals surface area contributed by atoms with Gasteiger partial charge in [0.25, 0.3) is 0 Å². The van der Waals surface area contributed by atoms with Crippen LogP contribution in [-0.2, 0) is 32.9 Å². The molecule has 0 fully saturated rings. The van der Waals surface area contributed by atoms with Gasteiger partial charge >= 0.3 is 20.1 Å². The zero-order valence-electron chi connectivity index (χ0n) is 34.9. The second-order valence-corrected chi connectivity index (χ2v) is 15.8. The molecule has 0 radical (unpaired) electrons. The van der Waals surface area contributed by atoms with Crippen molar-refractivity contribution in [1.29, 1.82) is 0 Å². The maximum atomic E-state index is 5.93. The zero-order chi connectivity index (χ0) is 42.0. The Bertz CT molecular complexity index is 3250. The molecule has 5 aromatic carbocycles. The van der Waals surface area contributed by atoms with Gasteiger partial charge in [-0.05, 0) is 89.7 Å². The second-order valence-electron chi connectivity index (χ2n) is 15.8. The maximum Gasteiger partial charge on any atom is 3.00 e. The number of rotatable bonds is 10. The van der Waals surface area contributed by atoms with Crippen molar-refractivity contribution in [1.82, 2.24) is 29.1 Å². The van der Waals surface area contributed by atoms with Crippen LogP contribution in [0.25, 0.3) is 88.4 Å². The molecule has 7 heterocycles. The minimum Gasteiger partial charge on any atom is -0.500 e. The van der Waals surface area contributed by atoms with Gasteiger partial charge < -0.3 is 18.5 Å². The summed E-state index contributed by atoms with van der Waals surface area (Å²) in [6.45, 7) is 0. The Labute approximate surface area is 384 Å². The van der Waals surface area contributed by atoms with E-state index < -0.39 is 0 Å². The quantitative estimate of drug-likeness (QED) is 0.101. The first kappa shape index (κ1) is 40.8. The minimum atomic E-state index is 0. The van der Waals surface area contributed by atoms with Crippen LogP contribution in [0, 0.1) is 18.2 Å². The van der Waals surface area contributed by atoms with Crippen molar-refractivity contribution in [3.05, 3.63) is 206 Å². The van der Waals surface area contributed by atoms with Crippen molar-refractivity contribution in [2.24, 2.45) is 0 Å². The van der Waals surface area contributed by atoms with E-state index in [1.165, 1.54) is 69.4 Å². The Kier molecular flexibility index (Phi) is 11.6. The van der Waals surface area contributed by atoms with Gasteiger partial charge in [0.15, 0.2) is 0 Å². The van der Waals surface area contributed by atoms with Gasteiger partial charge in [0.1, 0.15) is 17.2 Å². The molecule has 0 saturated carbocycles. The van der Waals surface area contributed by atoms with E-state index in [-0.39, 0.29) is 20.1 Å². The first-order chi connectivity index (χ1) is 31.3. The van der Waals surface area contributed by atoms with Crippen LogP contribution < -0.4 is 0 Å². The Balaban J connectivity index is 0.000000202. The average molecular weight is 1010 g/mol. The number of para-hydroxylation sites is 4. The zero-order valence-corrected chi connectivity index (χ0v) is 37.3. The number of pyridine rings is 4. The first-order valence-corrected chi connectivity index (χ1v) is 21.6. The van der Waals surface area contributed by atoms with Gasteiger partial charge in [0, 0.05) is 47.4 Å². The van der Waals surface area contributed by atoms with Crippen LogP contribution in [0.3, 0.4) is 0 Å². The molecule has 0 atom stereocenters. The molecule has 7 aromatic heterocycles. The molecule has 0 saturated heterocycles. The number of fused-ring (bicyclic) bond motifs is 9. The Morgan fingerprint density at radius 2 is 1.05 bits per heavy atom. The van der Waals surface area contributed by atoms with Crippen molar-refractivity contribution in [3.63, 3.8) is 0 Å². The summed E-state index contributed by atoms with van der Waals surface area (Å²) >= 11 is 0. The third-order valence-electron chi connectivity index (χ3n) is 11.9. The van der Waals surface area contributed by atoms with E-state index in [0.29, 0.717) is 0 Å². The molecule has 64 heavy (non-hydrogen) atoms. The van der Waals surface area contributed by atoms with Crippen LogP contribution in [0.4, 0.5) is 0 Å². The van der Waals surface area contributed by atoms with Gasteiger partial charge in [-0.25, -0.2) is 9.97 Å². The molecule has 0 aliphatic carbocycles. The molecule has 0 unspecified atom stereocenters. The summed E-state index contributed by atoms with van der Waals surface area (Å²) in [5.74, 6) is 1.89. The summed E-state index contributed by atoms with van der Waals surface area (Å²) in [6, 6.07) is 59.8. The molecule has 12 aromatic rings. The fourth-order valence-electron chi connectivity index (χ4n) is 8.86. The van der Waals surface area contributed by atoms with Crippen LogP contribution >= 0.6 is 0 Å². The second kappa shape index (κ2) is 18.2. The largest absolute Gasteiger partial charge is 3.00 e. The number of hydrogen-bond donors (Lipinski definition) is 0. The third-order valence-corrected chi connectivity index (χ3v) is 11.9. The molecule has 0 bridgehead atoms. The summed E-state index contributed by atoms with van der Waals surface area (Å²) in [7, 11) is 0. The van der Waals surface area contributed by atoms with E-state index in [1.54, 1.807) is 12.4 Å². The summed E-state index contributed by atoms with van der Waals surface area (Å²) in [5.41, 5.74) is 10.5. The van der Waals surface area contributed by atoms with Crippen molar-refractivity contribution < 1.29 is 24.5 Å². The number of benzene rings is 5. The number of furan rings is 1. The minimum absolute atomic E-state index is 0. The predicted molar refractivity (Wildman–Crippen MR) is 254 cm³/mol. The molecule has 0 aliphatic rings. The summed E-state index contributed by atoms with van der Waals surface area (Å²) in [4.78, 5) is 18.2. The van der Waals surface area contributed by atoms with Crippen LogP contribution in [-0.4, -0.2) is 29.1 Å². The van der Waals surface area contributed by atoms with Crippen molar-refractivity contribution in [2.45, 2.75) is 38.5 Å². The number of hydrogen-bond acceptors (Lipinski definition) is 5. The summed E-state index contributed by atoms with van der Waals surface area (Å²) < 4.78 is 10.4. The SMILES string of the molecule is [Ir+3].[c-]1ccc2c(oc3ccncc32)c1-c1ccccn1.[c-]1cccc2c3ccccc3n(-c3ccc(CCCCCCc4ccc(-n5c6[c-]cccc6c6ccccc65)nc4)cn3)c12. The van der Waals surface area contributed by atoms with Gasteiger partial charge in [-0.2, -0.15) is 48.5 Å². The number of nitrogens with zero attached hydrogens (tertiary/aromatic N) is 6. The fraction of sp³-hybridized carbons (Fsp3) is 0.107. The van der Waals surface area contributed by atoms with E-state index in [1.807, 2.05) is 67.1 Å². The normalized spacial score (nSPS) is 11.4. The monoisotopic (exact) mass is 1010 g/mol. The Hall–Kier alpha value is -7.25. The van der Waals surface area contributed by atoms with Crippen molar-refractivity contribution in [2.75, 3.05) is 0 Å². The molecule has 0 spiro atoms. The van der Waals surface area contributed by atoms with E-state index in [2.05, 4.69) is 134 Å². The fourth-order valence-corrected chi connectivity index (χ4v) is 8.86. The smallest absolute Gasteiger partial charge is 0.500 e. The molecule has 7 nitrogen and oxygen atoms in total. The van der Waals surface area contributed by atoms with E-state index >= 15 is 0 Å².